The third-order valence-electron chi connectivity index (χ3n) is 2.37. The van der Waals surface area contributed by atoms with Crippen molar-refractivity contribution in [3.63, 3.8) is 0 Å². The van der Waals surface area contributed by atoms with E-state index in [0.29, 0.717) is 11.5 Å². The Kier molecular flexibility index (Phi) is 4.16. The van der Waals surface area contributed by atoms with Gasteiger partial charge in [-0.05, 0) is 12.1 Å². The van der Waals surface area contributed by atoms with Gasteiger partial charge in [-0.25, -0.2) is 4.79 Å². The number of carboxylic acids is 1. The molecule has 2 heterocycles. The summed E-state index contributed by atoms with van der Waals surface area (Å²) in [6, 6.07) is 4.25. The van der Waals surface area contributed by atoms with Crippen LogP contribution in [0.1, 0.15) is 32.6 Å². The molecule has 2 rings (SSSR count). The molecule has 0 aliphatic carbocycles. The Labute approximate surface area is 113 Å². The van der Waals surface area contributed by atoms with Gasteiger partial charge in [0.05, 0.1) is 6.54 Å². The third kappa shape index (κ3) is 3.23. The predicted octanol–water partition coefficient (Wildman–Crippen LogP) is 1.04. The zero-order chi connectivity index (χ0) is 14.5. The molecule has 0 fully saturated rings. The van der Waals surface area contributed by atoms with Gasteiger partial charge in [-0.1, -0.05) is 5.16 Å². The summed E-state index contributed by atoms with van der Waals surface area (Å²) < 4.78 is 14.7. The molecule has 106 valence electrons. The van der Waals surface area contributed by atoms with Gasteiger partial charge < -0.3 is 24.1 Å². The van der Waals surface area contributed by atoms with Gasteiger partial charge in [-0.15, -0.1) is 0 Å². The lowest BCUT2D eigenvalue weighted by molar-refractivity contribution is 0.0660. The smallest absolute Gasteiger partial charge is 0.371 e. The standard InChI is InChI=1S/C12H12N2O6/c1-18-6-8-4-9(14-20-8)11(15)13-5-7-2-3-10(19-7)12(16)17/h2-4H,5-6H2,1H3,(H,13,15)(H,16,17). The molecule has 8 nitrogen and oxygen atoms in total. The summed E-state index contributed by atoms with van der Waals surface area (Å²) in [5.41, 5.74) is 0.113. The number of ether oxygens (including phenoxy) is 1. The molecule has 2 aromatic heterocycles. The van der Waals surface area contributed by atoms with Crippen LogP contribution in [0.25, 0.3) is 0 Å². The zero-order valence-corrected chi connectivity index (χ0v) is 10.6. The van der Waals surface area contributed by atoms with Crippen LogP contribution in [-0.4, -0.2) is 29.2 Å². The van der Waals surface area contributed by atoms with Crippen LogP contribution in [0.3, 0.4) is 0 Å². The van der Waals surface area contributed by atoms with Gasteiger partial charge in [0.2, 0.25) is 5.76 Å². The molecule has 8 heteroatoms. The molecule has 1 amide bonds. The molecule has 0 unspecified atom stereocenters. The number of aromatic nitrogens is 1. The molecule has 0 aliphatic heterocycles. The van der Waals surface area contributed by atoms with E-state index in [0.717, 1.165) is 0 Å². The number of furan rings is 1. The van der Waals surface area contributed by atoms with Crippen molar-refractivity contribution in [1.29, 1.82) is 0 Å². The third-order valence-corrected chi connectivity index (χ3v) is 2.37. The van der Waals surface area contributed by atoms with Crippen LogP contribution >= 0.6 is 0 Å². The second-order valence-corrected chi connectivity index (χ2v) is 3.87. The van der Waals surface area contributed by atoms with Crippen LogP contribution in [0, 0.1) is 0 Å². The Morgan fingerprint density at radius 3 is 2.85 bits per heavy atom. The highest BCUT2D eigenvalue weighted by Crippen LogP contribution is 2.08. The van der Waals surface area contributed by atoms with Gasteiger partial charge in [-0.2, -0.15) is 0 Å². The number of nitrogens with zero attached hydrogens (tertiary/aromatic N) is 1. The highest BCUT2D eigenvalue weighted by atomic mass is 16.5. The number of hydrogen-bond acceptors (Lipinski definition) is 6. The fourth-order valence-corrected chi connectivity index (χ4v) is 1.48. The lowest BCUT2D eigenvalue weighted by atomic mass is 10.3. The quantitative estimate of drug-likeness (QED) is 0.812. The lowest BCUT2D eigenvalue weighted by Crippen LogP contribution is -2.22. The Balaban J connectivity index is 1.91. The van der Waals surface area contributed by atoms with E-state index in [1.807, 2.05) is 0 Å². The van der Waals surface area contributed by atoms with Crippen molar-refractivity contribution in [3.05, 3.63) is 41.2 Å². The summed E-state index contributed by atoms with van der Waals surface area (Å²) in [5, 5.41) is 14.8. The minimum Gasteiger partial charge on any atom is -0.475 e. The molecule has 0 saturated carbocycles. The molecule has 0 aliphatic rings. The molecular weight excluding hydrogens is 268 g/mol. The molecule has 0 spiro atoms. The Morgan fingerprint density at radius 1 is 1.40 bits per heavy atom. The second-order valence-electron chi connectivity index (χ2n) is 3.87. The number of rotatable bonds is 6. The second kappa shape index (κ2) is 6.02. The Morgan fingerprint density at radius 2 is 2.20 bits per heavy atom. The Bertz CT molecular complexity index is 615. The summed E-state index contributed by atoms with van der Waals surface area (Å²) in [5.74, 6) is -1.04. The van der Waals surface area contributed by atoms with Crippen LogP contribution in [0.2, 0.25) is 0 Å². The first kappa shape index (κ1) is 13.8. The van der Waals surface area contributed by atoms with E-state index < -0.39 is 11.9 Å². The van der Waals surface area contributed by atoms with E-state index in [1.165, 1.54) is 25.3 Å². The van der Waals surface area contributed by atoms with Crippen molar-refractivity contribution < 1.29 is 28.4 Å². The molecule has 20 heavy (non-hydrogen) atoms. The normalized spacial score (nSPS) is 10.4. The number of hydrogen-bond donors (Lipinski definition) is 2. The van der Waals surface area contributed by atoms with E-state index in [2.05, 4.69) is 10.5 Å². The monoisotopic (exact) mass is 280 g/mol. The van der Waals surface area contributed by atoms with E-state index >= 15 is 0 Å². The number of aromatic carboxylic acids is 1. The summed E-state index contributed by atoms with van der Waals surface area (Å²) in [6.07, 6.45) is 0. The SMILES string of the molecule is COCc1cc(C(=O)NCc2ccc(C(=O)O)o2)no1. The van der Waals surface area contributed by atoms with Crippen LogP contribution in [0.4, 0.5) is 0 Å². The van der Waals surface area contributed by atoms with Crippen LogP contribution < -0.4 is 5.32 Å². The van der Waals surface area contributed by atoms with Crippen molar-refractivity contribution in [3.8, 4) is 0 Å². The minimum atomic E-state index is -1.16. The summed E-state index contributed by atoms with van der Waals surface area (Å²) >= 11 is 0. The molecule has 0 atom stereocenters. The van der Waals surface area contributed by atoms with E-state index in [1.54, 1.807) is 0 Å². The molecule has 0 radical (unpaired) electrons. The van der Waals surface area contributed by atoms with Gasteiger partial charge in [0, 0.05) is 13.2 Å². The van der Waals surface area contributed by atoms with Gasteiger partial charge in [0.1, 0.15) is 12.4 Å². The van der Waals surface area contributed by atoms with Crippen molar-refractivity contribution in [1.82, 2.24) is 10.5 Å². The predicted molar refractivity (Wildman–Crippen MR) is 64.1 cm³/mol. The maximum Gasteiger partial charge on any atom is 0.371 e. The molecule has 2 N–H and O–H groups in total. The minimum absolute atomic E-state index is 0.0542. The van der Waals surface area contributed by atoms with Crippen molar-refractivity contribution >= 4 is 11.9 Å². The van der Waals surface area contributed by atoms with E-state index in [4.69, 9.17) is 18.8 Å². The van der Waals surface area contributed by atoms with Crippen LogP contribution in [0.5, 0.6) is 0 Å². The zero-order valence-electron chi connectivity index (χ0n) is 10.6. The first-order valence-corrected chi connectivity index (χ1v) is 5.65. The van der Waals surface area contributed by atoms with Gasteiger partial charge in [0.15, 0.2) is 11.5 Å². The first-order valence-electron chi connectivity index (χ1n) is 5.65. The van der Waals surface area contributed by atoms with Crippen molar-refractivity contribution in [2.24, 2.45) is 0 Å². The van der Waals surface area contributed by atoms with Gasteiger partial charge in [-0.3, -0.25) is 4.79 Å². The largest absolute Gasteiger partial charge is 0.475 e. The number of methoxy groups -OCH3 is 1. The number of carboxylic acid groups (broad SMARTS) is 1. The highest BCUT2D eigenvalue weighted by Gasteiger charge is 2.14. The number of carbonyl (C=O) groups excluding carboxylic acids is 1. The molecule has 0 saturated heterocycles. The fraction of sp³-hybridized carbons (Fsp3) is 0.250. The number of carbonyl (C=O) groups is 2. The topological polar surface area (TPSA) is 115 Å². The van der Waals surface area contributed by atoms with E-state index in [9.17, 15) is 9.59 Å². The van der Waals surface area contributed by atoms with Gasteiger partial charge in [0.25, 0.3) is 5.91 Å². The Hall–Kier alpha value is -2.61. The average molecular weight is 280 g/mol. The number of amides is 1. The van der Waals surface area contributed by atoms with Crippen LogP contribution in [0.15, 0.2) is 27.1 Å². The first-order chi connectivity index (χ1) is 9.60. The van der Waals surface area contributed by atoms with Crippen molar-refractivity contribution in [2.45, 2.75) is 13.2 Å². The van der Waals surface area contributed by atoms with Crippen LogP contribution in [-0.2, 0) is 17.9 Å². The number of nitrogens with one attached hydrogen (secondary N) is 1. The summed E-state index contributed by atoms with van der Waals surface area (Å²) in [7, 11) is 1.50. The maximum atomic E-state index is 11.7. The highest BCUT2D eigenvalue weighted by molar-refractivity contribution is 5.92. The molecule has 2 aromatic rings. The van der Waals surface area contributed by atoms with Gasteiger partial charge >= 0.3 is 5.97 Å². The summed E-state index contributed by atoms with van der Waals surface area (Å²) in [6.45, 7) is 0.277. The summed E-state index contributed by atoms with van der Waals surface area (Å²) in [4.78, 5) is 22.4. The maximum absolute atomic E-state index is 11.7. The van der Waals surface area contributed by atoms with E-state index in [-0.39, 0.29) is 24.6 Å². The molecular formula is C12H12N2O6. The fourth-order valence-electron chi connectivity index (χ4n) is 1.48. The molecule has 0 aromatic carbocycles. The molecule has 0 bridgehead atoms. The van der Waals surface area contributed by atoms with Crippen molar-refractivity contribution in [2.75, 3.05) is 7.11 Å². The lowest BCUT2D eigenvalue weighted by Gasteiger charge is -1.99. The average Bonchev–Trinajstić information content (AvgIpc) is 3.05.